The number of hydrogen-bond donors (Lipinski definition) is 2. The van der Waals surface area contributed by atoms with Gasteiger partial charge in [-0.1, -0.05) is 0 Å². The lowest BCUT2D eigenvalue weighted by Gasteiger charge is -2.35. The molecule has 2 heterocycles. The van der Waals surface area contributed by atoms with Crippen LogP contribution in [-0.4, -0.2) is 95.6 Å². The van der Waals surface area contributed by atoms with Gasteiger partial charge in [-0.05, 0) is 52.0 Å². The van der Waals surface area contributed by atoms with Crippen LogP contribution in [0.15, 0.2) is 24.3 Å². The van der Waals surface area contributed by atoms with Crippen molar-refractivity contribution in [3.8, 4) is 0 Å². The topological polar surface area (TPSA) is 186 Å². The number of benzene rings is 2. The summed E-state index contributed by atoms with van der Waals surface area (Å²) in [6.07, 6.45) is 0. The lowest BCUT2D eigenvalue weighted by molar-refractivity contribution is -0.145. The molecule has 4 atom stereocenters. The van der Waals surface area contributed by atoms with Crippen LogP contribution in [0.3, 0.4) is 0 Å². The van der Waals surface area contributed by atoms with Crippen molar-refractivity contribution in [1.29, 1.82) is 0 Å². The molecule has 14 heteroatoms. The molecule has 4 rings (SSSR count). The van der Waals surface area contributed by atoms with Crippen molar-refractivity contribution in [3.63, 3.8) is 0 Å². The van der Waals surface area contributed by atoms with Crippen LogP contribution < -0.4 is 10.6 Å². The summed E-state index contributed by atoms with van der Waals surface area (Å²) in [5, 5.41) is 4.94. The third-order valence-electron chi connectivity index (χ3n) is 7.32. The maximum atomic E-state index is 13.5. The van der Waals surface area contributed by atoms with E-state index in [4.69, 9.17) is 0 Å². The Kier molecular flexibility index (Phi) is 7.83. The molecule has 14 nitrogen and oxygen atoms in total. The van der Waals surface area contributed by atoms with Gasteiger partial charge < -0.3 is 20.1 Å². The molecule has 0 bridgehead atoms. The van der Waals surface area contributed by atoms with Crippen molar-refractivity contribution in [1.82, 2.24) is 20.4 Å². The number of imide groups is 2. The van der Waals surface area contributed by atoms with Crippen LogP contribution in [0.2, 0.25) is 0 Å². The molecule has 0 saturated carbocycles. The Morgan fingerprint density at radius 2 is 0.833 bits per heavy atom. The molecule has 2 N–H and O–H groups in total. The van der Waals surface area contributed by atoms with E-state index in [1.165, 1.54) is 52.0 Å². The molecular formula is C28H28N4O10. The lowest BCUT2D eigenvalue weighted by atomic mass is 9.85. The molecule has 0 aromatic heterocycles. The molecule has 42 heavy (non-hydrogen) atoms. The van der Waals surface area contributed by atoms with Crippen molar-refractivity contribution in [2.24, 2.45) is 0 Å². The maximum absolute atomic E-state index is 13.5. The van der Waals surface area contributed by atoms with Crippen molar-refractivity contribution in [3.05, 3.63) is 46.5 Å². The van der Waals surface area contributed by atoms with E-state index in [9.17, 15) is 38.4 Å². The summed E-state index contributed by atoms with van der Waals surface area (Å²) in [6, 6.07) is 0.526. The van der Waals surface area contributed by atoms with Gasteiger partial charge in [-0.3, -0.25) is 38.6 Å². The molecule has 0 unspecified atom stereocenters. The number of carbonyl (C=O) groups excluding carboxylic acids is 8. The number of methoxy groups -OCH3 is 2. The van der Waals surface area contributed by atoms with Crippen LogP contribution in [0.25, 0.3) is 10.8 Å². The molecule has 0 saturated heterocycles. The highest BCUT2D eigenvalue weighted by molar-refractivity contribution is 6.34. The van der Waals surface area contributed by atoms with E-state index in [0.717, 1.165) is 24.0 Å². The summed E-state index contributed by atoms with van der Waals surface area (Å²) in [4.78, 5) is 105. The van der Waals surface area contributed by atoms with E-state index < -0.39 is 71.5 Å². The van der Waals surface area contributed by atoms with Crippen molar-refractivity contribution in [2.75, 3.05) is 14.2 Å². The second kappa shape index (κ2) is 11.0. The smallest absolute Gasteiger partial charge is 0.328 e. The van der Waals surface area contributed by atoms with Gasteiger partial charge in [0.25, 0.3) is 23.6 Å². The Labute approximate surface area is 239 Å². The Balaban J connectivity index is 1.70. The number of ether oxygens (including phenoxy) is 2. The minimum Gasteiger partial charge on any atom is -0.467 e. The zero-order valence-electron chi connectivity index (χ0n) is 23.6. The summed E-state index contributed by atoms with van der Waals surface area (Å²) in [6.45, 7) is 5.41. The maximum Gasteiger partial charge on any atom is 0.328 e. The number of esters is 2. The highest BCUT2D eigenvalue weighted by Gasteiger charge is 2.44. The first-order valence-electron chi connectivity index (χ1n) is 12.9. The van der Waals surface area contributed by atoms with Gasteiger partial charge >= 0.3 is 11.9 Å². The van der Waals surface area contributed by atoms with Gasteiger partial charge in [0.15, 0.2) is 0 Å². The third kappa shape index (κ3) is 4.63. The first-order chi connectivity index (χ1) is 19.8. The molecule has 0 radical (unpaired) electrons. The molecule has 0 fully saturated rings. The SMILES string of the molecule is COC(=O)[C@H](C)NC(=O)[C@H](C)N1C(=O)c2ccc3c4c(ccc(c24)C1=O)C(=O)N([C@@H](C)C(=O)N[C@@H](C)C(=O)OC)C3=O. The Morgan fingerprint density at radius 3 is 1.07 bits per heavy atom. The quantitative estimate of drug-likeness (QED) is 0.322. The molecule has 2 aromatic carbocycles. The number of amides is 6. The van der Waals surface area contributed by atoms with Gasteiger partial charge in [-0.2, -0.15) is 0 Å². The van der Waals surface area contributed by atoms with Gasteiger partial charge in [0.05, 0.1) is 14.2 Å². The van der Waals surface area contributed by atoms with Crippen molar-refractivity contribution >= 4 is 58.2 Å². The van der Waals surface area contributed by atoms with Gasteiger partial charge in [0, 0.05) is 33.0 Å². The standard InChI is InChI=1S/C28H28N4O10/c1-11(27(39)41-5)29-21(33)13(3)31-23(35)15-7-9-17-20-18(10-8-16(19(15)20)24(31)36)26(38)32(25(17)37)14(4)22(34)30-12(2)28(40)42-6/h7-14H,1-6H3,(H,29,33)(H,30,34)/t11-,12-,13-,14-/m0/s1. The molecule has 6 amide bonds. The Morgan fingerprint density at radius 1 is 0.571 bits per heavy atom. The highest BCUT2D eigenvalue weighted by atomic mass is 16.5. The minimum absolute atomic E-state index is 0.0161. The van der Waals surface area contributed by atoms with Crippen LogP contribution in [-0.2, 0) is 28.7 Å². The average Bonchev–Trinajstić information content (AvgIpc) is 2.97. The van der Waals surface area contributed by atoms with Crippen LogP contribution >= 0.6 is 0 Å². The van der Waals surface area contributed by atoms with Crippen molar-refractivity contribution < 1.29 is 47.8 Å². The van der Waals surface area contributed by atoms with Gasteiger partial charge in [-0.15, -0.1) is 0 Å². The van der Waals surface area contributed by atoms with Gasteiger partial charge in [0.1, 0.15) is 24.2 Å². The molecule has 2 aliphatic rings. The summed E-state index contributed by atoms with van der Waals surface area (Å²) in [7, 11) is 2.30. The second-order valence-corrected chi connectivity index (χ2v) is 9.89. The summed E-state index contributed by atoms with van der Waals surface area (Å²) in [5.41, 5.74) is -0.0644. The first-order valence-corrected chi connectivity index (χ1v) is 12.9. The number of hydrogen-bond acceptors (Lipinski definition) is 10. The minimum atomic E-state index is -1.32. The molecule has 0 aliphatic carbocycles. The number of nitrogens with zero attached hydrogens (tertiary/aromatic N) is 2. The number of rotatable bonds is 8. The fourth-order valence-corrected chi connectivity index (χ4v) is 4.99. The summed E-state index contributed by atoms with van der Waals surface area (Å²) >= 11 is 0. The van der Waals surface area contributed by atoms with E-state index in [1.807, 2.05) is 0 Å². The molecule has 2 aliphatic heterocycles. The third-order valence-corrected chi connectivity index (χ3v) is 7.32. The van der Waals surface area contributed by atoms with Crippen LogP contribution in [0.1, 0.15) is 69.1 Å². The monoisotopic (exact) mass is 580 g/mol. The fraction of sp³-hybridized carbons (Fsp3) is 0.357. The van der Waals surface area contributed by atoms with Crippen LogP contribution in [0.4, 0.5) is 0 Å². The molecule has 2 aromatic rings. The number of nitrogens with one attached hydrogen (secondary N) is 2. The molecule has 220 valence electrons. The fourth-order valence-electron chi connectivity index (χ4n) is 4.99. The van der Waals surface area contributed by atoms with Crippen LogP contribution in [0.5, 0.6) is 0 Å². The van der Waals surface area contributed by atoms with Gasteiger partial charge in [-0.25, -0.2) is 9.59 Å². The lowest BCUT2D eigenvalue weighted by Crippen LogP contribution is -2.55. The molecular weight excluding hydrogens is 552 g/mol. The van der Waals surface area contributed by atoms with E-state index in [2.05, 4.69) is 20.1 Å². The van der Waals surface area contributed by atoms with E-state index >= 15 is 0 Å². The van der Waals surface area contributed by atoms with E-state index in [1.54, 1.807) is 0 Å². The van der Waals surface area contributed by atoms with Gasteiger partial charge in [0.2, 0.25) is 11.8 Å². The predicted octanol–water partition coefficient (Wildman–Crippen LogP) is 0.164. The summed E-state index contributed by atoms with van der Waals surface area (Å²) in [5.74, 6) is -6.34. The predicted molar refractivity (Wildman–Crippen MR) is 143 cm³/mol. The molecule has 0 spiro atoms. The zero-order valence-corrected chi connectivity index (χ0v) is 23.6. The Hall–Kier alpha value is -5.14. The largest absolute Gasteiger partial charge is 0.467 e. The van der Waals surface area contributed by atoms with E-state index in [0.29, 0.717) is 0 Å². The number of carbonyl (C=O) groups is 8. The average molecular weight is 581 g/mol. The highest BCUT2D eigenvalue weighted by Crippen LogP contribution is 2.38. The van der Waals surface area contributed by atoms with Crippen LogP contribution in [0, 0.1) is 0 Å². The normalized spacial score (nSPS) is 16.9. The van der Waals surface area contributed by atoms with Crippen molar-refractivity contribution in [2.45, 2.75) is 51.9 Å². The first kappa shape index (κ1) is 29.8. The summed E-state index contributed by atoms with van der Waals surface area (Å²) < 4.78 is 9.17. The zero-order chi connectivity index (χ0) is 31.2. The van der Waals surface area contributed by atoms with E-state index in [-0.39, 0.29) is 33.0 Å². The second-order valence-electron chi connectivity index (χ2n) is 9.89. The Bertz CT molecular complexity index is 1410.